The van der Waals surface area contributed by atoms with Crippen LogP contribution in [0.25, 0.3) is 0 Å². The maximum absolute atomic E-state index is 13.8. The van der Waals surface area contributed by atoms with E-state index in [2.05, 4.69) is 31.2 Å². The highest BCUT2D eigenvalue weighted by molar-refractivity contribution is 9.10. The monoisotopic (exact) mass is 325 g/mol. The summed E-state index contributed by atoms with van der Waals surface area (Å²) in [6, 6.07) is 3.64. The Balaban J connectivity index is 1.89. The van der Waals surface area contributed by atoms with Crippen molar-refractivity contribution in [2.24, 2.45) is 0 Å². The van der Waals surface area contributed by atoms with E-state index < -0.39 is 17.2 Å². The number of anilines is 1. The van der Waals surface area contributed by atoms with Gasteiger partial charge in [0.25, 0.3) is 0 Å². The van der Waals surface area contributed by atoms with E-state index in [1.165, 1.54) is 12.1 Å². The van der Waals surface area contributed by atoms with E-state index in [1.54, 1.807) is 12.4 Å². The zero-order valence-electron chi connectivity index (χ0n) is 9.83. The lowest BCUT2D eigenvalue weighted by Crippen LogP contribution is -2.21. The third-order valence-electron chi connectivity index (χ3n) is 3.17. The summed E-state index contributed by atoms with van der Waals surface area (Å²) in [5.74, 6) is -0.677. The average Bonchev–Trinajstić information content (AvgIpc) is 3.13. The molecule has 0 saturated heterocycles. The first-order chi connectivity index (χ1) is 9.09. The SMILES string of the molecule is Fc1ccc(C2(Nc3ncc(Br)cn3)CC2)c(F)c1. The van der Waals surface area contributed by atoms with E-state index in [1.807, 2.05) is 0 Å². The van der Waals surface area contributed by atoms with Crippen LogP contribution in [0.15, 0.2) is 35.1 Å². The van der Waals surface area contributed by atoms with Gasteiger partial charge in [-0.25, -0.2) is 18.7 Å². The van der Waals surface area contributed by atoms with Crippen LogP contribution in [0.4, 0.5) is 14.7 Å². The van der Waals surface area contributed by atoms with Gasteiger partial charge in [-0.3, -0.25) is 0 Å². The van der Waals surface area contributed by atoms with Crippen LogP contribution < -0.4 is 5.32 Å². The van der Waals surface area contributed by atoms with Crippen LogP contribution in [-0.4, -0.2) is 9.97 Å². The van der Waals surface area contributed by atoms with E-state index in [-0.39, 0.29) is 0 Å². The number of rotatable bonds is 3. The molecule has 0 amide bonds. The Kier molecular flexibility index (Phi) is 2.97. The Morgan fingerprint density at radius 3 is 2.42 bits per heavy atom. The van der Waals surface area contributed by atoms with Gasteiger partial charge in [-0.15, -0.1) is 0 Å². The average molecular weight is 326 g/mol. The number of hydrogen-bond acceptors (Lipinski definition) is 3. The van der Waals surface area contributed by atoms with Gasteiger partial charge in [0.2, 0.25) is 5.95 Å². The minimum Gasteiger partial charge on any atom is -0.345 e. The molecule has 98 valence electrons. The predicted octanol–water partition coefficient (Wildman–Crippen LogP) is 3.62. The molecule has 3 nitrogen and oxygen atoms in total. The largest absolute Gasteiger partial charge is 0.345 e. The smallest absolute Gasteiger partial charge is 0.223 e. The highest BCUT2D eigenvalue weighted by Gasteiger charge is 2.46. The van der Waals surface area contributed by atoms with E-state index in [0.717, 1.165) is 23.4 Å². The highest BCUT2D eigenvalue weighted by Crippen LogP contribution is 2.48. The lowest BCUT2D eigenvalue weighted by atomic mass is 10.0. The first kappa shape index (κ1) is 12.5. The van der Waals surface area contributed by atoms with Crippen molar-refractivity contribution in [3.05, 3.63) is 52.3 Å². The van der Waals surface area contributed by atoms with Gasteiger partial charge in [0.05, 0.1) is 10.0 Å². The molecule has 0 unspecified atom stereocenters. The minimum atomic E-state index is -0.572. The van der Waals surface area contributed by atoms with Crippen LogP contribution in [0.2, 0.25) is 0 Å². The second-order valence-electron chi connectivity index (χ2n) is 4.56. The van der Waals surface area contributed by atoms with E-state index in [9.17, 15) is 8.78 Å². The summed E-state index contributed by atoms with van der Waals surface area (Å²) in [7, 11) is 0. The number of nitrogens with one attached hydrogen (secondary N) is 1. The van der Waals surface area contributed by atoms with Gasteiger partial charge in [0, 0.05) is 24.0 Å². The highest BCUT2D eigenvalue weighted by atomic mass is 79.9. The summed E-state index contributed by atoms with van der Waals surface area (Å²) in [6.45, 7) is 0. The van der Waals surface area contributed by atoms with Crippen LogP contribution in [0.1, 0.15) is 18.4 Å². The molecule has 1 fully saturated rings. The van der Waals surface area contributed by atoms with Gasteiger partial charge in [-0.05, 0) is 34.8 Å². The molecule has 1 aliphatic carbocycles. The fourth-order valence-electron chi connectivity index (χ4n) is 2.06. The maximum atomic E-state index is 13.8. The number of aromatic nitrogens is 2. The summed E-state index contributed by atoms with van der Waals surface area (Å²) < 4.78 is 27.5. The maximum Gasteiger partial charge on any atom is 0.223 e. The van der Waals surface area contributed by atoms with Gasteiger partial charge in [0.15, 0.2) is 0 Å². The first-order valence-corrected chi connectivity index (χ1v) is 6.60. The molecule has 19 heavy (non-hydrogen) atoms. The molecule has 1 aromatic heterocycles. The number of benzene rings is 1. The lowest BCUT2D eigenvalue weighted by molar-refractivity contribution is 0.558. The van der Waals surface area contributed by atoms with Crippen LogP contribution in [-0.2, 0) is 5.54 Å². The molecule has 0 aliphatic heterocycles. The Morgan fingerprint density at radius 1 is 1.16 bits per heavy atom. The molecular weight excluding hydrogens is 316 g/mol. The standard InChI is InChI=1S/C13H10BrF2N3/c14-8-6-17-12(18-7-8)19-13(3-4-13)10-2-1-9(15)5-11(10)16/h1-2,5-7H,3-4H2,(H,17,18,19). The quantitative estimate of drug-likeness (QED) is 0.936. The van der Waals surface area contributed by atoms with Crippen LogP contribution in [0.3, 0.4) is 0 Å². The Morgan fingerprint density at radius 2 is 1.84 bits per heavy atom. The number of hydrogen-bond donors (Lipinski definition) is 1. The van der Waals surface area contributed by atoms with Crippen LogP contribution in [0, 0.1) is 11.6 Å². The normalized spacial score (nSPS) is 16.2. The Hall–Kier alpha value is -1.56. The number of halogens is 3. The lowest BCUT2D eigenvalue weighted by Gasteiger charge is -2.18. The minimum absolute atomic E-state index is 0.435. The molecular formula is C13H10BrF2N3. The van der Waals surface area contributed by atoms with Crippen molar-refractivity contribution in [1.29, 1.82) is 0 Å². The molecule has 3 rings (SSSR count). The van der Waals surface area contributed by atoms with Crippen molar-refractivity contribution in [3.63, 3.8) is 0 Å². The van der Waals surface area contributed by atoms with Gasteiger partial charge < -0.3 is 5.32 Å². The van der Waals surface area contributed by atoms with Crippen LogP contribution in [0.5, 0.6) is 0 Å². The fourth-order valence-corrected chi connectivity index (χ4v) is 2.26. The zero-order valence-corrected chi connectivity index (χ0v) is 11.4. The summed E-state index contributed by atoms with van der Waals surface area (Å²) in [5, 5.41) is 3.13. The van der Waals surface area contributed by atoms with Crippen molar-refractivity contribution >= 4 is 21.9 Å². The van der Waals surface area contributed by atoms with E-state index in [0.29, 0.717) is 11.5 Å². The second-order valence-corrected chi connectivity index (χ2v) is 5.47. The van der Waals surface area contributed by atoms with Gasteiger partial charge in [-0.1, -0.05) is 6.07 Å². The fraction of sp³-hybridized carbons (Fsp3) is 0.231. The Bertz CT molecular complexity index is 612. The molecule has 1 N–H and O–H groups in total. The molecule has 1 aliphatic rings. The summed E-state index contributed by atoms with van der Waals surface area (Å²) in [6.07, 6.45) is 4.78. The second kappa shape index (κ2) is 4.52. The van der Waals surface area contributed by atoms with E-state index in [4.69, 9.17) is 0 Å². The molecule has 1 aromatic carbocycles. The van der Waals surface area contributed by atoms with Crippen molar-refractivity contribution in [2.75, 3.05) is 5.32 Å². The first-order valence-electron chi connectivity index (χ1n) is 5.80. The molecule has 2 aromatic rings. The van der Waals surface area contributed by atoms with Crippen molar-refractivity contribution in [1.82, 2.24) is 9.97 Å². The Labute approximate surface area is 117 Å². The number of nitrogens with zero attached hydrogens (tertiary/aromatic N) is 2. The molecule has 6 heteroatoms. The summed E-state index contributed by atoms with van der Waals surface area (Å²) in [5.41, 5.74) is -0.0496. The topological polar surface area (TPSA) is 37.8 Å². The molecule has 0 spiro atoms. The van der Waals surface area contributed by atoms with Crippen molar-refractivity contribution < 1.29 is 8.78 Å². The van der Waals surface area contributed by atoms with Gasteiger partial charge >= 0.3 is 0 Å². The summed E-state index contributed by atoms with van der Waals surface area (Å²) >= 11 is 3.25. The molecule has 1 heterocycles. The van der Waals surface area contributed by atoms with Crippen molar-refractivity contribution in [2.45, 2.75) is 18.4 Å². The van der Waals surface area contributed by atoms with E-state index >= 15 is 0 Å². The van der Waals surface area contributed by atoms with Gasteiger partial charge in [-0.2, -0.15) is 0 Å². The third-order valence-corrected chi connectivity index (χ3v) is 3.58. The third kappa shape index (κ3) is 2.45. The van der Waals surface area contributed by atoms with Crippen molar-refractivity contribution in [3.8, 4) is 0 Å². The van der Waals surface area contributed by atoms with Crippen LogP contribution >= 0.6 is 15.9 Å². The zero-order chi connectivity index (χ0) is 13.5. The van der Waals surface area contributed by atoms with Gasteiger partial charge in [0.1, 0.15) is 11.6 Å². The predicted molar refractivity (Wildman–Crippen MR) is 70.6 cm³/mol. The molecule has 1 saturated carbocycles. The molecule has 0 radical (unpaired) electrons. The molecule has 0 atom stereocenters. The summed E-state index contributed by atoms with van der Waals surface area (Å²) in [4.78, 5) is 8.22. The molecule has 0 bridgehead atoms.